The summed E-state index contributed by atoms with van der Waals surface area (Å²) in [5.74, 6) is 0.860. The van der Waals surface area contributed by atoms with Gasteiger partial charge in [-0.05, 0) is 38.0 Å². The van der Waals surface area contributed by atoms with Gasteiger partial charge in [-0.25, -0.2) is 0 Å². The van der Waals surface area contributed by atoms with Crippen LogP contribution in [0.3, 0.4) is 0 Å². The fraction of sp³-hybridized carbons (Fsp3) is 0.692. The lowest BCUT2D eigenvalue weighted by molar-refractivity contribution is -0.121. The van der Waals surface area contributed by atoms with E-state index in [0.717, 1.165) is 13.0 Å². The van der Waals surface area contributed by atoms with Crippen LogP contribution in [0, 0.1) is 5.92 Å². The molecule has 2 heterocycles. The van der Waals surface area contributed by atoms with E-state index in [2.05, 4.69) is 15.1 Å². The minimum atomic E-state index is 0.197. The molecule has 4 heteroatoms. The lowest BCUT2D eigenvalue weighted by Crippen LogP contribution is -2.23. The first-order valence-corrected chi connectivity index (χ1v) is 6.63. The molecule has 92 valence electrons. The van der Waals surface area contributed by atoms with Crippen molar-refractivity contribution in [3.05, 3.63) is 17.5 Å². The molecule has 17 heavy (non-hydrogen) atoms. The maximum atomic E-state index is 11.6. The highest BCUT2D eigenvalue weighted by molar-refractivity contribution is 5.76. The highest BCUT2D eigenvalue weighted by atomic mass is 16.1. The predicted octanol–water partition coefficient (Wildman–Crippen LogP) is 1.64. The molecule has 1 N–H and O–H groups in total. The second-order valence-electron chi connectivity index (χ2n) is 5.22. The number of hydrogen-bond acceptors (Lipinski definition) is 2. The Morgan fingerprint density at radius 1 is 1.47 bits per heavy atom. The summed E-state index contributed by atoms with van der Waals surface area (Å²) in [5.41, 5.74) is 2.52. The number of amides is 1. The Morgan fingerprint density at radius 3 is 3.18 bits per heavy atom. The van der Waals surface area contributed by atoms with Gasteiger partial charge in [0.2, 0.25) is 5.91 Å². The zero-order chi connectivity index (χ0) is 11.7. The van der Waals surface area contributed by atoms with Crippen molar-refractivity contribution in [3.8, 4) is 0 Å². The Kier molecular flexibility index (Phi) is 2.87. The van der Waals surface area contributed by atoms with Crippen LogP contribution in [0.2, 0.25) is 0 Å². The molecular formula is C13H19N3O. The minimum absolute atomic E-state index is 0.197. The normalized spacial score (nSPS) is 18.8. The second kappa shape index (κ2) is 4.51. The van der Waals surface area contributed by atoms with Crippen LogP contribution in [-0.4, -0.2) is 15.7 Å². The third kappa shape index (κ3) is 2.51. The van der Waals surface area contributed by atoms with Gasteiger partial charge in [0.05, 0.1) is 6.20 Å². The molecule has 1 amide bonds. The number of carbonyl (C=O) groups is 1. The van der Waals surface area contributed by atoms with Crippen molar-refractivity contribution in [1.82, 2.24) is 15.1 Å². The lowest BCUT2D eigenvalue weighted by Gasteiger charge is -2.14. The van der Waals surface area contributed by atoms with E-state index in [-0.39, 0.29) is 5.91 Å². The van der Waals surface area contributed by atoms with E-state index < -0.39 is 0 Å². The van der Waals surface area contributed by atoms with Crippen molar-refractivity contribution >= 4 is 5.91 Å². The molecule has 1 aliphatic heterocycles. The van der Waals surface area contributed by atoms with Gasteiger partial charge in [-0.3, -0.25) is 9.48 Å². The average Bonchev–Trinajstić information content (AvgIpc) is 3.06. The molecule has 0 spiro atoms. The van der Waals surface area contributed by atoms with Crippen LogP contribution in [0.25, 0.3) is 0 Å². The smallest absolute Gasteiger partial charge is 0.220 e. The molecule has 0 aromatic carbocycles. The summed E-state index contributed by atoms with van der Waals surface area (Å²) in [4.78, 5) is 11.6. The standard InChI is InChI=1S/C13H19N3O/c17-13(7-10-4-5-10)14-8-11-9-15-16-6-2-1-3-12(11)16/h9-10H,1-8H2,(H,14,17). The summed E-state index contributed by atoms with van der Waals surface area (Å²) in [6.45, 7) is 1.69. The molecule has 1 fully saturated rings. The average molecular weight is 233 g/mol. The van der Waals surface area contributed by atoms with Crippen molar-refractivity contribution in [3.63, 3.8) is 0 Å². The summed E-state index contributed by atoms with van der Waals surface area (Å²) in [6.07, 6.45) is 8.67. The summed E-state index contributed by atoms with van der Waals surface area (Å²) in [5, 5.41) is 7.39. The van der Waals surface area contributed by atoms with Gasteiger partial charge in [0.25, 0.3) is 0 Å². The molecule has 2 aliphatic rings. The highest BCUT2D eigenvalue weighted by Crippen LogP contribution is 2.32. The molecule has 0 bridgehead atoms. The van der Waals surface area contributed by atoms with Crippen LogP contribution in [-0.2, 0) is 24.3 Å². The number of rotatable bonds is 4. The van der Waals surface area contributed by atoms with E-state index in [0.29, 0.717) is 18.9 Å². The van der Waals surface area contributed by atoms with Crippen LogP contribution in [0.15, 0.2) is 6.20 Å². The maximum Gasteiger partial charge on any atom is 0.220 e. The van der Waals surface area contributed by atoms with Crippen LogP contribution >= 0.6 is 0 Å². The summed E-state index contributed by atoms with van der Waals surface area (Å²) >= 11 is 0. The van der Waals surface area contributed by atoms with Gasteiger partial charge in [0, 0.05) is 30.8 Å². The van der Waals surface area contributed by atoms with E-state index in [1.807, 2.05) is 6.20 Å². The Morgan fingerprint density at radius 2 is 2.35 bits per heavy atom. The second-order valence-corrected chi connectivity index (χ2v) is 5.22. The summed E-state index contributed by atoms with van der Waals surface area (Å²) < 4.78 is 2.09. The molecule has 0 saturated heterocycles. The predicted molar refractivity (Wildman–Crippen MR) is 64.4 cm³/mol. The van der Waals surface area contributed by atoms with Gasteiger partial charge >= 0.3 is 0 Å². The fourth-order valence-corrected chi connectivity index (χ4v) is 2.48. The van der Waals surface area contributed by atoms with Crippen molar-refractivity contribution in [2.45, 2.75) is 51.6 Å². The molecule has 4 nitrogen and oxygen atoms in total. The van der Waals surface area contributed by atoms with Crippen molar-refractivity contribution < 1.29 is 4.79 Å². The Hall–Kier alpha value is -1.32. The Bertz CT molecular complexity index is 420. The molecule has 0 radical (unpaired) electrons. The number of aromatic nitrogens is 2. The molecule has 0 unspecified atom stereocenters. The van der Waals surface area contributed by atoms with Gasteiger partial charge in [-0.15, -0.1) is 0 Å². The first kappa shape index (κ1) is 10.8. The van der Waals surface area contributed by atoms with Crippen LogP contribution < -0.4 is 5.32 Å². The number of carbonyl (C=O) groups excluding carboxylic acids is 1. The van der Waals surface area contributed by atoms with Crippen molar-refractivity contribution in [1.29, 1.82) is 0 Å². The molecule has 1 aromatic rings. The maximum absolute atomic E-state index is 11.6. The number of fused-ring (bicyclic) bond motifs is 1. The molecule has 1 saturated carbocycles. The number of nitrogens with one attached hydrogen (secondary N) is 1. The number of hydrogen-bond donors (Lipinski definition) is 1. The molecule has 3 rings (SSSR count). The van der Waals surface area contributed by atoms with Gasteiger partial charge in [-0.2, -0.15) is 5.10 Å². The number of nitrogens with zero attached hydrogens (tertiary/aromatic N) is 2. The minimum Gasteiger partial charge on any atom is -0.352 e. The number of aryl methyl sites for hydroxylation is 1. The van der Waals surface area contributed by atoms with E-state index in [1.165, 1.54) is 36.9 Å². The van der Waals surface area contributed by atoms with Crippen LogP contribution in [0.5, 0.6) is 0 Å². The summed E-state index contributed by atoms with van der Waals surface area (Å²) in [6, 6.07) is 0. The first-order valence-electron chi connectivity index (χ1n) is 6.63. The molecule has 0 atom stereocenters. The third-order valence-electron chi connectivity index (χ3n) is 3.72. The zero-order valence-electron chi connectivity index (χ0n) is 10.1. The lowest BCUT2D eigenvalue weighted by atomic mass is 10.1. The van der Waals surface area contributed by atoms with E-state index in [4.69, 9.17) is 0 Å². The Labute approximate surface area is 101 Å². The van der Waals surface area contributed by atoms with E-state index in [1.54, 1.807) is 0 Å². The topological polar surface area (TPSA) is 46.9 Å². The van der Waals surface area contributed by atoms with Crippen LogP contribution in [0.1, 0.15) is 43.4 Å². The Balaban J connectivity index is 1.57. The summed E-state index contributed by atoms with van der Waals surface area (Å²) in [7, 11) is 0. The fourth-order valence-electron chi connectivity index (χ4n) is 2.48. The van der Waals surface area contributed by atoms with Gasteiger partial charge in [0.15, 0.2) is 0 Å². The van der Waals surface area contributed by atoms with Gasteiger partial charge in [0.1, 0.15) is 0 Å². The molecule has 1 aromatic heterocycles. The largest absolute Gasteiger partial charge is 0.352 e. The van der Waals surface area contributed by atoms with E-state index >= 15 is 0 Å². The highest BCUT2D eigenvalue weighted by Gasteiger charge is 2.24. The third-order valence-corrected chi connectivity index (χ3v) is 3.72. The SMILES string of the molecule is O=C(CC1CC1)NCc1cnn2c1CCCC2. The monoisotopic (exact) mass is 233 g/mol. The van der Waals surface area contributed by atoms with E-state index in [9.17, 15) is 4.79 Å². The van der Waals surface area contributed by atoms with Gasteiger partial charge in [-0.1, -0.05) is 0 Å². The first-order chi connectivity index (χ1) is 8.33. The van der Waals surface area contributed by atoms with Crippen molar-refractivity contribution in [2.24, 2.45) is 5.92 Å². The van der Waals surface area contributed by atoms with Crippen LogP contribution in [0.4, 0.5) is 0 Å². The zero-order valence-corrected chi connectivity index (χ0v) is 10.1. The molecule has 1 aliphatic carbocycles. The van der Waals surface area contributed by atoms with Crippen molar-refractivity contribution in [2.75, 3.05) is 0 Å². The quantitative estimate of drug-likeness (QED) is 0.859. The van der Waals surface area contributed by atoms with Gasteiger partial charge < -0.3 is 5.32 Å². The molecular weight excluding hydrogens is 214 g/mol.